The average Bonchev–Trinajstić information content (AvgIpc) is 2.11. The van der Waals surface area contributed by atoms with Crippen LogP contribution < -0.4 is 0 Å². The first-order valence-corrected chi connectivity index (χ1v) is 2.82. The lowest BCUT2D eigenvalue weighted by atomic mass is 10.7. The second kappa shape index (κ2) is 2.32. The van der Waals surface area contributed by atoms with Gasteiger partial charge in [-0.3, -0.25) is 0 Å². The van der Waals surface area contributed by atoms with E-state index in [2.05, 4.69) is 26.3 Å². The summed E-state index contributed by atoms with van der Waals surface area (Å²) in [5.74, 6) is -1.00. The van der Waals surface area contributed by atoms with Crippen molar-refractivity contribution in [3.05, 3.63) is 11.2 Å². The van der Waals surface area contributed by atoms with E-state index < -0.39 is 16.6 Å². The van der Waals surface area contributed by atoms with Crippen LogP contribution in [0.1, 0.15) is 5.89 Å². The molecule has 0 aliphatic heterocycles. The molecule has 56 valence electrons. The van der Waals surface area contributed by atoms with Gasteiger partial charge in [0, 0.05) is 0 Å². The van der Waals surface area contributed by atoms with Crippen LogP contribution in [-0.4, -0.2) is 10.1 Å². The van der Waals surface area contributed by atoms with Crippen LogP contribution in [0.3, 0.4) is 0 Å². The molecule has 0 amide bonds. The predicted molar refractivity (Wildman–Crippen MR) is 29.1 cm³/mol. The van der Waals surface area contributed by atoms with E-state index in [0.717, 1.165) is 0 Å². The van der Waals surface area contributed by atoms with Crippen molar-refractivity contribution < 1.29 is 13.3 Å². The van der Waals surface area contributed by atoms with E-state index in [-0.39, 0.29) is 0 Å². The third-order valence-electron chi connectivity index (χ3n) is 0.644. The largest absolute Gasteiger partial charge is 0.400 e. The van der Waals surface area contributed by atoms with Gasteiger partial charge in [-0.15, -0.1) is 0 Å². The van der Waals surface area contributed by atoms with Gasteiger partial charge in [0.25, 0.3) is 5.28 Å². The van der Waals surface area contributed by atoms with Gasteiger partial charge in [-0.1, -0.05) is 0 Å². The smallest absolute Gasteiger partial charge is 0.330 e. The summed E-state index contributed by atoms with van der Waals surface area (Å²) in [5.41, 5.74) is 0. The monoisotopic (exact) mass is 188 g/mol. The van der Waals surface area contributed by atoms with Gasteiger partial charge in [0.05, 0.1) is 0 Å². The minimum absolute atomic E-state index is 0.393. The lowest BCUT2D eigenvalue weighted by molar-refractivity contribution is 0.0551. The zero-order chi connectivity index (χ0) is 7.78. The summed E-state index contributed by atoms with van der Waals surface area (Å²) in [6.45, 7) is 0. The Hall–Kier alpha value is -0.420. The molecule has 1 rings (SSSR count). The fourth-order valence-corrected chi connectivity index (χ4v) is 0.509. The molecule has 0 N–H and O–H groups in total. The molecule has 0 saturated carbocycles. The second-order valence-electron chi connectivity index (χ2n) is 1.37. The van der Waals surface area contributed by atoms with Crippen LogP contribution in [0.5, 0.6) is 0 Å². The Kier molecular flexibility index (Phi) is 1.78. The van der Waals surface area contributed by atoms with Crippen molar-refractivity contribution in [3.8, 4) is 0 Å². The Bertz CT molecular complexity index is 233. The third kappa shape index (κ3) is 1.54. The molecular weight excluding hydrogens is 189 g/mol. The van der Waals surface area contributed by atoms with Crippen LogP contribution in [0.2, 0.25) is 5.28 Å². The van der Waals surface area contributed by atoms with Crippen molar-refractivity contribution in [1.29, 1.82) is 0 Å². The first-order chi connectivity index (χ1) is 4.50. The molecule has 0 aliphatic rings. The van der Waals surface area contributed by atoms with Gasteiger partial charge < -0.3 is 4.52 Å². The first-order valence-electron chi connectivity index (χ1n) is 2.06. The van der Waals surface area contributed by atoms with E-state index >= 15 is 0 Å². The molecule has 0 spiro atoms. The Morgan fingerprint density at radius 3 is 2.30 bits per heavy atom. The SMILES string of the molecule is FC(F)(Cl)c1nc(Cl)no1. The molecule has 0 saturated heterocycles. The first kappa shape index (κ1) is 7.68. The zero-order valence-electron chi connectivity index (χ0n) is 4.31. The summed E-state index contributed by atoms with van der Waals surface area (Å²) >= 11 is 9.54. The van der Waals surface area contributed by atoms with Gasteiger partial charge in [-0.05, 0) is 28.4 Å². The quantitative estimate of drug-likeness (QED) is 0.634. The number of rotatable bonds is 1. The van der Waals surface area contributed by atoms with Gasteiger partial charge in [0.1, 0.15) is 0 Å². The van der Waals surface area contributed by atoms with Gasteiger partial charge >= 0.3 is 11.3 Å². The van der Waals surface area contributed by atoms with Gasteiger partial charge in [0.15, 0.2) is 0 Å². The second-order valence-corrected chi connectivity index (χ2v) is 2.18. The van der Waals surface area contributed by atoms with E-state index in [1.807, 2.05) is 0 Å². The summed E-state index contributed by atoms with van der Waals surface area (Å²) < 4.78 is 27.9. The molecule has 0 bridgehead atoms. The van der Waals surface area contributed by atoms with Crippen LogP contribution >= 0.6 is 23.2 Å². The number of hydrogen-bond donors (Lipinski definition) is 0. The molecule has 0 unspecified atom stereocenters. The van der Waals surface area contributed by atoms with Crippen LogP contribution in [0.4, 0.5) is 8.78 Å². The molecule has 1 heterocycles. The fraction of sp³-hybridized carbons (Fsp3) is 0.333. The topological polar surface area (TPSA) is 38.9 Å². The standard InChI is InChI=1S/C3Cl2F2N2O/c4-2-8-1(10-9-2)3(5,6)7. The molecule has 0 atom stereocenters. The molecular formula is C3Cl2F2N2O. The summed E-state index contributed by atoms with van der Waals surface area (Å²) in [4.78, 5) is 2.99. The molecule has 10 heavy (non-hydrogen) atoms. The van der Waals surface area contributed by atoms with Crippen molar-refractivity contribution in [2.75, 3.05) is 0 Å². The maximum absolute atomic E-state index is 12.0. The normalized spacial score (nSPS) is 12.0. The Morgan fingerprint density at radius 2 is 2.10 bits per heavy atom. The molecule has 0 aromatic carbocycles. The molecule has 1 aromatic rings. The molecule has 0 radical (unpaired) electrons. The van der Waals surface area contributed by atoms with Crippen molar-refractivity contribution >= 4 is 23.2 Å². The summed E-state index contributed by atoms with van der Waals surface area (Å²) in [5, 5.41) is -1.13. The molecule has 0 fully saturated rings. The summed E-state index contributed by atoms with van der Waals surface area (Å²) in [7, 11) is 0. The Morgan fingerprint density at radius 1 is 1.50 bits per heavy atom. The number of alkyl halides is 3. The third-order valence-corrected chi connectivity index (χ3v) is 0.959. The van der Waals surface area contributed by atoms with E-state index in [0.29, 0.717) is 0 Å². The van der Waals surface area contributed by atoms with Crippen LogP contribution in [0, 0.1) is 0 Å². The number of aromatic nitrogens is 2. The van der Waals surface area contributed by atoms with Crippen LogP contribution in [0.25, 0.3) is 0 Å². The zero-order valence-corrected chi connectivity index (χ0v) is 5.83. The van der Waals surface area contributed by atoms with Crippen LogP contribution in [0.15, 0.2) is 4.52 Å². The number of nitrogens with zero attached hydrogens (tertiary/aromatic N) is 2. The minimum Gasteiger partial charge on any atom is -0.330 e. The van der Waals surface area contributed by atoms with Crippen molar-refractivity contribution in [2.24, 2.45) is 0 Å². The number of hydrogen-bond acceptors (Lipinski definition) is 3. The summed E-state index contributed by atoms with van der Waals surface area (Å²) in [6, 6.07) is 0. The van der Waals surface area contributed by atoms with Crippen molar-refractivity contribution in [3.63, 3.8) is 0 Å². The molecule has 7 heteroatoms. The number of halogens is 4. The van der Waals surface area contributed by atoms with Crippen LogP contribution in [-0.2, 0) is 5.38 Å². The highest BCUT2D eigenvalue weighted by atomic mass is 35.5. The molecule has 0 aliphatic carbocycles. The van der Waals surface area contributed by atoms with E-state index in [9.17, 15) is 8.78 Å². The lowest BCUT2D eigenvalue weighted by Gasteiger charge is -1.97. The molecule has 1 aromatic heterocycles. The maximum Gasteiger partial charge on any atom is 0.400 e. The van der Waals surface area contributed by atoms with E-state index in [1.165, 1.54) is 0 Å². The predicted octanol–water partition coefficient (Wildman–Crippen LogP) is 2.01. The van der Waals surface area contributed by atoms with Gasteiger partial charge in [-0.25, -0.2) is 0 Å². The van der Waals surface area contributed by atoms with Crippen molar-refractivity contribution in [1.82, 2.24) is 10.1 Å². The maximum atomic E-state index is 12.0. The highest BCUT2D eigenvalue weighted by Gasteiger charge is 2.35. The van der Waals surface area contributed by atoms with Crippen molar-refractivity contribution in [2.45, 2.75) is 5.38 Å². The van der Waals surface area contributed by atoms with E-state index in [1.54, 1.807) is 0 Å². The summed E-state index contributed by atoms with van der Waals surface area (Å²) in [6.07, 6.45) is 0. The Balaban J connectivity index is 2.96. The Labute approximate surface area is 63.9 Å². The fourth-order valence-electron chi connectivity index (χ4n) is 0.321. The lowest BCUT2D eigenvalue weighted by Crippen LogP contribution is -2.02. The molecule has 3 nitrogen and oxygen atoms in total. The average molecular weight is 189 g/mol. The van der Waals surface area contributed by atoms with Gasteiger partial charge in [0.2, 0.25) is 0 Å². The highest BCUT2D eigenvalue weighted by molar-refractivity contribution is 6.28. The van der Waals surface area contributed by atoms with E-state index in [4.69, 9.17) is 11.6 Å². The van der Waals surface area contributed by atoms with Gasteiger partial charge in [-0.2, -0.15) is 13.8 Å². The highest BCUT2D eigenvalue weighted by Crippen LogP contribution is 2.30. The minimum atomic E-state index is -3.64.